The normalized spacial score (nSPS) is 10.2. The predicted molar refractivity (Wildman–Crippen MR) is 66.9 cm³/mol. The monoisotopic (exact) mass is 281 g/mol. The number of rotatable bonds is 4. The van der Waals surface area contributed by atoms with Gasteiger partial charge in [-0.2, -0.15) is 4.39 Å². The molecule has 0 bridgehead atoms. The van der Waals surface area contributed by atoms with E-state index in [-0.39, 0.29) is 5.75 Å². The summed E-state index contributed by atoms with van der Waals surface area (Å²) in [5, 5.41) is 13.3. The van der Waals surface area contributed by atoms with Crippen molar-refractivity contribution < 1.29 is 18.4 Å². The average molecular weight is 281 g/mol. The number of ether oxygens (including phenoxy) is 1. The van der Waals surface area contributed by atoms with E-state index in [4.69, 9.17) is 4.74 Å². The molecule has 104 valence electrons. The van der Waals surface area contributed by atoms with Gasteiger partial charge in [-0.1, -0.05) is 0 Å². The van der Waals surface area contributed by atoms with Crippen LogP contribution in [0.3, 0.4) is 0 Å². The first kappa shape index (κ1) is 13.7. The number of nitrogens with zero attached hydrogens (tertiary/aromatic N) is 2. The van der Waals surface area contributed by atoms with Crippen molar-refractivity contribution in [2.75, 3.05) is 12.4 Å². The third-order valence-corrected chi connectivity index (χ3v) is 2.43. The molecule has 20 heavy (non-hydrogen) atoms. The van der Waals surface area contributed by atoms with Crippen molar-refractivity contribution in [1.82, 2.24) is 4.98 Å². The van der Waals surface area contributed by atoms with E-state index in [1.165, 1.54) is 18.5 Å². The Kier molecular flexibility index (Phi) is 3.74. The van der Waals surface area contributed by atoms with Crippen molar-refractivity contribution >= 4 is 11.4 Å². The zero-order valence-electron chi connectivity index (χ0n) is 10.3. The number of hydrogen-bond acceptors (Lipinski definition) is 5. The van der Waals surface area contributed by atoms with Gasteiger partial charge in [0.05, 0.1) is 29.1 Å². The second kappa shape index (κ2) is 5.47. The van der Waals surface area contributed by atoms with E-state index >= 15 is 0 Å². The lowest BCUT2D eigenvalue weighted by Crippen LogP contribution is -1.97. The molecule has 0 saturated heterocycles. The van der Waals surface area contributed by atoms with Crippen molar-refractivity contribution in [1.29, 1.82) is 0 Å². The van der Waals surface area contributed by atoms with Crippen LogP contribution in [0.25, 0.3) is 0 Å². The number of pyridine rings is 1. The fourth-order valence-corrected chi connectivity index (χ4v) is 1.47. The maximum atomic E-state index is 13.6. The first-order valence-corrected chi connectivity index (χ1v) is 5.45. The number of nitrogens with one attached hydrogen (secondary N) is 1. The fourth-order valence-electron chi connectivity index (χ4n) is 1.47. The van der Waals surface area contributed by atoms with E-state index in [1.54, 1.807) is 7.05 Å². The fraction of sp³-hybridized carbons (Fsp3) is 0.0833. The highest BCUT2D eigenvalue weighted by atomic mass is 19.1. The van der Waals surface area contributed by atoms with E-state index in [0.29, 0.717) is 17.8 Å². The summed E-state index contributed by atoms with van der Waals surface area (Å²) in [5.41, 5.74) is -0.331. The Labute approximate surface area is 112 Å². The van der Waals surface area contributed by atoms with Crippen LogP contribution in [-0.4, -0.2) is 17.0 Å². The molecule has 1 aromatic heterocycles. The molecule has 6 nitrogen and oxygen atoms in total. The van der Waals surface area contributed by atoms with E-state index in [0.717, 1.165) is 0 Å². The van der Waals surface area contributed by atoms with Gasteiger partial charge >= 0.3 is 5.69 Å². The Morgan fingerprint density at radius 2 is 2.00 bits per heavy atom. The van der Waals surface area contributed by atoms with Crippen LogP contribution in [0, 0.1) is 21.7 Å². The van der Waals surface area contributed by atoms with Crippen LogP contribution >= 0.6 is 0 Å². The lowest BCUT2D eigenvalue weighted by molar-refractivity contribution is -0.387. The molecule has 0 spiro atoms. The second-order valence-electron chi connectivity index (χ2n) is 3.75. The molecule has 0 unspecified atom stereocenters. The van der Waals surface area contributed by atoms with E-state index in [9.17, 15) is 18.9 Å². The summed E-state index contributed by atoms with van der Waals surface area (Å²) in [5.74, 6) is -2.50. The highest BCUT2D eigenvalue weighted by molar-refractivity contribution is 5.47. The summed E-state index contributed by atoms with van der Waals surface area (Å²) in [4.78, 5) is 13.3. The van der Waals surface area contributed by atoms with Crippen LogP contribution < -0.4 is 10.1 Å². The summed E-state index contributed by atoms with van der Waals surface area (Å²) >= 11 is 0. The number of halogens is 2. The Morgan fingerprint density at radius 1 is 1.25 bits per heavy atom. The lowest BCUT2D eigenvalue weighted by Gasteiger charge is -2.08. The summed E-state index contributed by atoms with van der Waals surface area (Å²) in [7, 11) is 1.66. The number of benzene rings is 1. The Balaban J connectivity index is 2.34. The van der Waals surface area contributed by atoms with Crippen molar-refractivity contribution in [3.8, 4) is 11.5 Å². The van der Waals surface area contributed by atoms with Crippen molar-refractivity contribution in [3.63, 3.8) is 0 Å². The quantitative estimate of drug-likeness (QED) is 0.688. The summed E-state index contributed by atoms with van der Waals surface area (Å²) in [6.45, 7) is 0. The van der Waals surface area contributed by atoms with E-state index in [1.807, 2.05) is 0 Å². The van der Waals surface area contributed by atoms with Crippen LogP contribution in [0.4, 0.5) is 20.2 Å². The molecular formula is C12H9F2N3O3. The van der Waals surface area contributed by atoms with Crippen molar-refractivity contribution in [3.05, 3.63) is 52.3 Å². The zero-order chi connectivity index (χ0) is 14.7. The van der Waals surface area contributed by atoms with Crippen LogP contribution in [0.5, 0.6) is 11.5 Å². The molecule has 0 atom stereocenters. The van der Waals surface area contributed by atoms with E-state index in [2.05, 4.69) is 10.3 Å². The number of aromatic nitrogens is 1. The highest BCUT2D eigenvalue weighted by Gasteiger charge is 2.19. The third-order valence-electron chi connectivity index (χ3n) is 2.43. The van der Waals surface area contributed by atoms with Gasteiger partial charge in [0.15, 0.2) is 11.6 Å². The van der Waals surface area contributed by atoms with Gasteiger partial charge in [0, 0.05) is 19.2 Å². The van der Waals surface area contributed by atoms with Gasteiger partial charge in [0.2, 0.25) is 5.82 Å². The van der Waals surface area contributed by atoms with Crippen LogP contribution in [0.2, 0.25) is 0 Å². The summed E-state index contributed by atoms with van der Waals surface area (Å²) in [6, 6.07) is 2.62. The standard InChI is InChI=1S/C12H9F2N3O3/c1-15-7-2-8(6-16-5-7)20-12-4-9(13)11(17(18)19)3-10(12)14/h2-6,15H,1H3. The third kappa shape index (κ3) is 2.79. The number of nitro benzene ring substituents is 1. The molecule has 1 heterocycles. The lowest BCUT2D eigenvalue weighted by atomic mass is 10.2. The predicted octanol–water partition coefficient (Wildman–Crippen LogP) is 3.10. The molecule has 0 amide bonds. The van der Waals surface area contributed by atoms with Gasteiger partial charge < -0.3 is 10.1 Å². The van der Waals surface area contributed by atoms with Gasteiger partial charge in [-0.05, 0) is 0 Å². The molecule has 0 aliphatic heterocycles. The minimum Gasteiger partial charge on any atom is -0.452 e. The first-order chi connectivity index (χ1) is 9.51. The Hall–Kier alpha value is -2.77. The van der Waals surface area contributed by atoms with Crippen LogP contribution in [0.1, 0.15) is 0 Å². The van der Waals surface area contributed by atoms with Crippen molar-refractivity contribution in [2.24, 2.45) is 0 Å². The smallest absolute Gasteiger partial charge is 0.307 e. The number of hydrogen-bond donors (Lipinski definition) is 1. The van der Waals surface area contributed by atoms with Gasteiger partial charge in [0.1, 0.15) is 5.75 Å². The first-order valence-electron chi connectivity index (χ1n) is 5.45. The van der Waals surface area contributed by atoms with Gasteiger partial charge in [-0.3, -0.25) is 15.1 Å². The summed E-state index contributed by atoms with van der Waals surface area (Å²) in [6.07, 6.45) is 2.82. The van der Waals surface area contributed by atoms with E-state index < -0.39 is 28.0 Å². The number of nitro groups is 1. The molecule has 1 aromatic carbocycles. The second-order valence-corrected chi connectivity index (χ2v) is 3.75. The largest absolute Gasteiger partial charge is 0.452 e. The molecule has 0 saturated carbocycles. The molecule has 2 rings (SSSR count). The van der Waals surface area contributed by atoms with Gasteiger partial charge in [-0.15, -0.1) is 0 Å². The van der Waals surface area contributed by atoms with Gasteiger partial charge in [0.25, 0.3) is 0 Å². The van der Waals surface area contributed by atoms with Gasteiger partial charge in [-0.25, -0.2) is 4.39 Å². The molecule has 8 heteroatoms. The molecule has 0 aliphatic rings. The molecule has 0 radical (unpaired) electrons. The maximum Gasteiger partial charge on any atom is 0.307 e. The van der Waals surface area contributed by atoms with Crippen LogP contribution in [0.15, 0.2) is 30.6 Å². The molecule has 0 aliphatic carbocycles. The highest BCUT2D eigenvalue weighted by Crippen LogP contribution is 2.30. The molecule has 2 aromatic rings. The van der Waals surface area contributed by atoms with Crippen LogP contribution in [-0.2, 0) is 0 Å². The maximum absolute atomic E-state index is 13.6. The average Bonchev–Trinajstić information content (AvgIpc) is 2.42. The topological polar surface area (TPSA) is 77.3 Å². The minimum atomic E-state index is -1.18. The SMILES string of the molecule is CNc1cncc(Oc2cc(F)c([N+](=O)[O-])cc2F)c1. The summed E-state index contributed by atoms with van der Waals surface area (Å²) < 4.78 is 32.2. The zero-order valence-corrected chi connectivity index (χ0v) is 10.3. The molecular weight excluding hydrogens is 272 g/mol. The van der Waals surface area contributed by atoms with Crippen molar-refractivity contribution in [2.45, 2.75) is 0 Å². The minimum absolute atomic E-state index is 0.170. The molecule has 0 fully saturated rings. The molecule has 1 N–H and O–H groups in total. The number of anilines is 1. The Morgan fingerprint density at radius 3 is 2.65 bits per heavy atom. The Bertz CT molecular complexity index is 664.